The van der Waals surface area contributed by atoms with Crippen molar-refractivity contribution in [3.8, 4) is 0 Å². The molecular formula is C12H16N5O5P. The van der Waals surface area contributed by atoms with E-state index in [1.807, 2.05) is 0 Å². The molecule has 124 valence electrons. The molecule has 0 amide bonds. The minimum Gasteiger partial charge on any atom is -0.390 e. The summed E-state index contributed by atoms with van der Waals surface area (Å²) >= 11 is 0. The molecule has 0 unspecified atom stereocenters. The Hall–Kier alpha value is -1.58. The second kappa shape index (κ2) is 4.49. The van der Waals surface area contributed by atoms with E-state index in [0.717, 1.165) is 0 Å². The maximum absolute atomic E-state index is 11.4. The van der Waals surface area contributed by atoms with Crippen LogP contribution in [0, 0.1) is 11.3 Å². The highest BCUT2D eigenvalue weighted by molar-refractivity contribution is 7.51. The summed E-state index contributed by atoms with van der Waals surface area (Å²) in [5.41, 5.74) is 5.60. The summed E-state index contributed by atoms with van der Waals surface area (Å²) in [4.78, 5) is 30.6. The zero-order chi connectivity index (χ0) is 16.6. The molecule has 2 heterocycles. The fourth-order valence-corrected chi connectivity index (χ4v) is 5.34. The Balaban J connectivity index is 1.76. The second-order valence-electron chi connectivity index (χ2n) is 6.38. The number of nitrogens with two attached hydrogens (primary N) is 1. The van der Waals surface area contributed by atoms with Crippen LogP contribution in [-0.2, 0) is 4.57 Å². The average Bonchev–Trinajstić information content (AvgIpc) is 2.89. The van der Waals surface area contributed by atoms with Gasteiger partial charge in [-0.15, -0.1) is 0 Å². The van der Waals surface area contributed by atoms with Gasteiger partial charge in [0.05, 0.1) is 24.6 Å². The SMILES string of the molecule is Nc1ncnc2c1ncn2[C@H]1[C@H](O)[C@H](O)[C@]2(CP(=O)(O)O)C[C@H]12. The Morgan fingerprint density at radius 3 is 2.78 bits per heavy atom. The minimum absolute atomic E-state index is 0.207. The van der Waals surface area contributed by atoms with Gasteiger partial charge in [-0.05, 0) is 12.3 Å². The van der Waals surface area contributed by atoms with Crippen LogP contribution in [0.25, 0.3) is 11.2 Å². The first-order valence-electron chi connectivity index (χ1n) is 7.08. The van der Waals surface area contributed by atoms with Gasteiger partial charge in [0.15, 0.2) is 11.5 Å². The van der Waals surface area contributed by atoms with E-state index >= 15 is 0 Å². The third kappa shape index (κ3) is 2.03. The number of nitrogens with zero attached hydrogens (tertiary/aromatic N) is 4. The van der Waals surface area contributed by atoms with Crippen molar-refractivity contribution in [3.05, 3.63) is 12.7 Å². The van der Waals surface area contributed by atoms with Crippen molar-refractivity contribution in [1.29, 1.82) is 0 Å². The van der Waals surface area contributed by atoms with Crippen LogP contribution in [0.4, 0.5) is 5.82 Å². The molecule has 0 radical (unpaired) electrons. The van der Waals surface area contributed by atoms with Crippen LogP contribution in [0.1, 0.15) is 12.5 Å². The molecule has 0 saturated heterocycles. The molecule has 2 fully saturated rings. The number of imidazole rings is 1. The van der Waals surface area contributed by atoms with E-state index in [1.165, 1.54) is 12.7 Å². The molecular weight excluding hydrogens is 325 g/mol. The fourth-order valence-electron chi connectivity index (χ4n) is 4.02. The van der Waals surface area contributed by atoms with E-state index in [1.54, 1.807) is 4.57 Å². The molecule has 0 spiro atoms. The van der Waals surface area contributed by atoms with E-state index in [-0.39, 0.29) is 11.7 Å². The molecule has 0 aromatic carbocycles. The normalized spacial score (nSPS) is 36.3. The van der Waals surface area contributed by atoms with Gasteiger partial charge in [0.25, 0.3) is 0 Å². The van der Waals surface area contributed by atoms with Crippen LogP contribution >= 0.6 is 7.60 Å². The highest BCUT2D eigenvalue weighted by atomic mass is 31.2. The van der Waals surface area contributed by atoms with Crippen molar-refractivity contribution in [2.45, 2.75) is 24.7 Å². The Kier molecular flexibility index (Phi) is 2.92. The number of rotatable bonds is 3. The third-order valence-corrected chi connectivity index (χ3v) is 6.06. The maximum atomic E-state index is 11.4. The van der Waals surface area contributed by atoms with Gasteiger partial charge in [-0.2, -0.15) is 0 Å². The van der Waals surface area contributed by atoms with Crippen LogP contribution in [-0.4, -0.2) is 57.9 Å². The predicted octanol–water partition coefficient (Wildman–Crippen LogP) is -1.13. The van der Waals surface area contributed by atoms with Gasteiger partial charge in [0.2, 0.25) is 0 Å². The van der Waals surface area contributed by atoms with E-state index < -0.39 is 37.4 Å². The van der Waals surface area contributed by atoms with Crippen molar-refractivity contribution < 1.29 is 24.6 Å². The Morgan fingerprint density at radius 1 is 1.35 bits per heavy atom. The zero-order valence-electron chi connectivity index (χ0n) is 11.9. The molecule has 4 rings (SSSR count). The molecule has 0 aliphatic heterocycles. The average molecular weight is 341 g/mol. The van der Waals surface area contributed by atoms with Gasteiger partial charge in [-0.3, -0.25) is 4.57 Å². The number of aliphatic hydroxyl groups excluding tert-OH is 2. The standard InChI is InChI=1S/C12H16N5O5P/c13-10-6-11(15-3-14-10)17(4-16-6)7-5-1-12(5,2-23(20,21)22)9(19)8(7)18/h3-5,7-9,18-19H,1-2H2,(H2,13,14,15)(H2,20,21,22)/t5-,7-,8+,9+,12+/m1/s1. The van der Waals surface area contributed by atoms with E-state index in [0.29, 0.717) is 17.6 Å². The molecule has 23 heavy (non-hydrogen) atoms. The summed E-state index contributed by atoms with van der Waals surface area (Å²) < 4.78 is 13.0. The van der Waals surface area contributed by atoms with Crippen LogP contribution in [0.2, 0.25) is 0 Å². The predicted molar refractivity (Wildman–Crippen MR) is 78.2 cm³/mol. The Bertz CT molecular complexity index is 836. The van der Waals surface area contributed by atoms with E-state index in [4.69, 9.17) is 5.73 Å². The van der Waals surface area contributed by atoms with Gasteiger partial charge in [0.1, 0.15) is 17.9 Å². The van der Waals surface area contributed by atoms with Gasteiger partial charge in [-0.1, -0.05) is 0 Å². The lowest BCUT2D eigenvalue weighted by molar-refractivity contribution is -0.0137. The molecule has 0 bridgehead atoms. The number of aliphatic hydroxyl groups is 2. The van der Waals surface area contributed by atoms with Crippen molar-refractivity contribution in [2.24, 2.45) is 11.3 Å². The summed E-state index contributed by atoms with van der Waals surface area (Å²) in [5, 5.41) is 20.7. The first-order chi connectivity index (χ1) is 10.7. The Labute approximate surface area is 130 Å². The molecule has 2 aliphatic carbocycles. The lowest BCUT2D eigenvalue weighted by Crippen LogP contribution is -2.35. The minimum atomic E-state index is -4.30. The van der Waals surface area contributed by atoms with Gasteiger partial charge < -0.3 is 30.3 Å². The third-order valence-electron chi connectivity index (χ3n) is 5.06. The molecule has 10 nitrogen and oxygen atoms in total. The molecule has 2 aliphatic rings. The summed E-state index contributed by atoms with van der Waals surface area (Å²) in [6.45, 7) is 0. The van der Waals surface area contributed by atoms with Crippen LogP contribution in [0.3, 0.4) is 0 Å². The first-order valence-corrected chi connectivity index (χ1v) is 8.88. The molecule has 2 aromatic rings. The molecule has 2 saturated carbocycles. The molecule has 5 atom stereocenters. The molecule has 2 aromatic heterocycles. The second-order valence-corrected chi connectivity index (χ2v) is 8.02. The number of aromatic nitrogens is 4. The smallest absolute Gasteiger partial charge is 0.326 e. The van der Waals surface area contributed by atoms with Crippen LogP contribution in [0.5, 0.6) is 0 Å². The summed E-state index contributed by atoms with van der Waals surface area (Å²) in [6, 6.07) is -0.559. The van der Waals surface area contributed by atoms with Crippen molar-refractivity contribution in [1.82, 2.24) is 19.5 Å². The van der Waals surface area contributed by atoms with E-state index in [9.17, 15) is 24.6 Å². The summed E-state index contributed by atoms with van der Waals surface area (Å²) in [6.07, 6.45) is 0.367. The maximum Gasteiger partial charge on any atom is 0.326 e. The summed E-state index contributed by atoms with van der Waals surface area (Å²) in [5.74, 6) is -0.0484. The van der Waals surface area contributed by atoms with Crippen LogP contribution in [0.15, 0.2) is 12.7 Å². The largest absolute Gasteiger partial charge is 0.390 e. The lowest BCUT2D eigenvalue weighted by atomic mass is 10.0. The first kappa shape index (κ1) is 15.0. The lowest BCUT2D eigenvalue weighted by Gasteiger charge is -2.24. The quantitative estimate of drug-likeness (QED) is 0.434. The number of anilines is 1. The topological polar surface area (TPSA) is 168 Å². The van der Waals surface area contributed by atoms with Crippen molar-refractivity contribution >= 4 is 24.6 Å². The van der Waals surface area contributed by atoms with Crippen LogP contribution < -0.4 is 5.73 Å². The van der Waals surface area contributed by atoms with Crippen molar-refractivity contribution in [3.63, 3.8) is 0 Å². The highest BCUT2D eigenvalue weighted by Gasteiger charge is 2.72. The fraction of sp³-hybridized carbons (Fsp3) is 0.583. The number of hydrogen-bond acceptors (Lipinski definition) is 7. The summed E-state index contributed by atoms with van der Waals surface area (Å²) in [7, 11) is -4.30. The number of fused-ring (bicyclic) bond motifs is 2. The number of hydrogen-bond donors (Lipinski definition) is 5. The molecule has 11 heteroatoms. The van der Waals surface area contributed by atoms with Gasteiger partial charge >= 0.3 is 7.60 Å². The monoisotopic (exact) mass is 341 g/mol. The zero-order valence-corrected chi connectivity index (χ0v) is 12.8. The van der Waals surface area contributed by atoms with Gasteiger partial charge in [-0.25, -0.2) is 15.0 Å². The van der Waals surface area contributed by atoms with Crippen molar-refractivity contribution in [2.75, 3.05) is 11.9 Å². The molecule has 6 N–H and O–H groups in total. The van der Waals surface area contributed by atoms with E-state index in [2.05, 4.69) is 15.0 Å². The number of nitrogen functional groups attached to an aromatic ring is 1. The highest BCUT2D eigenvalue weighted by Crippen LogP contribution is 2.71. The van der Waals surface area contributed by atoms with Gasteiger partial charge in [0, 0.05) is 5.41 Å². The Morgan fingerprint density at radius 2 is 2.09 bits per heavy atom.